The molecule has 0 aromatic rings. The third-order valence-electron chi connectivity index (χ3n) is 4.37. The van der Waals surface area contributed by atoms with Gasteiger partial charge in [-0.1, -0.05) is 13.8 Å². The lowest BCUT2D eigenvalue weighted by Gasteiger charge is -2.36. The minimum Gasteiger partial charge on any atom is -0.356 e. The van der Waals surface area contributed by atoms with Gasteiger partial charge >= 0.3 is 0 Å². The van der Waals surface area contributed by atoms with Crippen LogP contribution in [0.4, 0.5) is 0 Å². The van der Waals surface area contributed by atoms with E-state index in [2.05, 4.69) is 11.4 Å². The molecule has 0 aromatic carbocycles. The van der Waals surface area contributed by atoms with Gasteiger partial charge in [0.15, 0.2) is 0 Å². The summed E-state index contributed by atoms with van der Waals surface area (Å²) in [5.41, 5.74) is -0.857. The number of carbonyl (C=O) groups is 2. The Morgan fingerprint density at radius 2 is 1.85 bits per heavy atom. The van der Waals surface area contributed by atoms with Crippen LogP contribution < -0.4 is 5.32 Å². The number of rotatable bonds is 5. The van der Waals surface area contributed by atoms with Gasteiger partial charge in [0.25, 0.3) is 0 Å². The van der Waals surface area contributed by atoms with Gasteiger partial charge in [0.2, 0.25) is 11.8 Å². The summed E-state index contributed by atoms with van der Waals surface area (Å²) in [6, 6.07) is 2.22. The maximum Gasteiger partial charge on any atom is 0.243 e. The zero-order chi connectivity index (χ0) is 15.2. The monoisotopic (exact) mass is 279 g/mol. The van der Waals surface area contributed by atoms with Crippen molar-refractivity contribution in [1.29, 1.82) is 5.26 Å². The molecule has 1 aliphatic heterocycles. The average molecular weight is 279 g/mol. The quantitative estimate of drug-likeness (QED) is 0.832. The Labute approximate surface area is 121 Å². The molecule has 1 aliphatic rings. The lowest BCUT2D eigenvalue weighted by molar-refractivity contribution is -0.141. The highest BCUT2D eigenvalue weighted by Gasteiger charge is 2.39. The number of nitrogens with one attached hydrogen (secondary N) is 1. The van der Waals surface area contributed by atoms with Crippen LogP contribution >= 0.6 is 0 Å². The Morgan fingerprint density at radius 3 is 2.25 bits per heavy atom. The molecule has 1 heterocycles. The predicted octanol–water partition coefficient (Wildman–Crippen LogP) is 1.69. The number of likely N-dealkylation sites (tertiary alicyclic amines) is 1. The molecular weight excluding hydrogens is 254 g/mol. The van der Waals surface area contributed by atoms with Crippen molar-refractivity contribution in [3.8, 4) is 6.07 Å². The zero-order valence-corrected chi connectivity index (χ0v) is 12.7. The molecule has 0 aliphatic carbocycles. The molecule has 1 fully saturated rings. The van der Waals surface area contributed by atoms with Crippen molar-refractivity contribution in [2.75, 3.05) is 19.6 Å². The number of nitriles is 1. The molecule has 0 atom stereocenters. The van der Waals surface area contributed by atoms with Crippen LogP contribution in [-0.4, -0.2) is 36.3 Å². The highest BCUT2D eigenvalue weighted by molar-refractivity contribution is 5.85. The van der Waals surface area contributed by atoms with Gasteiger partial charge < -0.3 is 10.2 Å². The van der Waals surface area contributed by atoms with E-state index in [1.165, 1.54) is 6.92 Å². The molecular formula is C15H25N3O2. The first-order valence-corrected chi connectivity index (χ1v) is 7.44. The number of hydrogen-bond acceptors (Lipinski definition) is 3. The first kappa shape index (κ1) is 16.5. The standard InChI is InChI=1S/C15H25N3O2/c1-4-15(5-2,11-16)14(20)18-8-6-13(7-9-18)10-17-12(3)19/h13H,4-10H2,1-3H3,(H,17,19). The van der Waals surface area contributed by atoms with Crippen molar-refractivity contribution in [3.63, 3.8) is 0 Å². The van der Waals surface area contributed by atoms with E-state index in [0.29, 0.717) is 38.4 Å². The molecule has 0 aromatic heterocycles. The van der Waals surface area contributed by atoms with Crippen LogP contribution in [0.3, 0.4) is 0 Å². The number of piperidine rings is 1. The smallest absolute Gasteiger partial charge is 0.243 e. The topological polar surface area (TPSA) is 73.2 Å². The van der Waals surface area contributed by atoms with Crippen molar-refractivity contribution in [2.24, 2.45) is 11.3 Å². The summed E-state index contributed by atoms with van der Waals surface area (Å²) in [6.07, 6.45) is 2.90. The SMILES string of the molecule is CCC(C#N)(CC)C(=O)N1CCC(CNC(C)=O)CC1. The molecule has 20 heavy (non-hydrogen) atoms. The summed E-state index contributed by atoms with van der Waals surface area (Å²) in [4.78, 5) is 25.2. The number of nitrogens with zero attached hydrogens (tertiary/aromatic N) is 2. The Morgan fingerprint density at radius 1 is 1.30 bits per heavy atom. The fourth-order valence-electron chi connectivity index (χ4n) is 2.69. The molecule has 0 unspecified atom stereocenters. The first-order chi connectivity index (χ1) is 9.49. The van der Waals surface area contributed by atoms with Gasteiger partial charge in [-0.2, -0.15) is 5.26 Å². The number of amides is 2. The van der Waals surface area contributed by atoms with Gasteiger partial charge in [-0.05, 0) is 31.6 Å². The molecule has 112 valence electrons. The summed E-state index contributed by atoms with van der Waals surface area (Å²) in [5.74, 6) is 0.398. The molecule has 0 spiro atoms. The van der Waals surface area contributed by atoms with E-state index in [9.17, 15) is 14.9 Å². The largest absolute Gasteiger partial charge is 0.356 e. The van der Waals surface area contributed by atoms with Crippen LogP contribution in [0.5, 0.6) is 0 Å². The fourth-order valence-corrected chi connectivity index (χ4v) is 2.69. The highest BCUT2D eigenvalue weighted by atomic mass is 16.2. The molecule has 5 heteroatoms. The second kappa shape index (κ2) is 7.28. The van der Waals surface area contributed by atoms with Crippen LogP contribution in [0.2, 0.25) is 0 Å². The van der Waals surface area contributed by atoms with Gasteiger partial charge in [-0.25, -0.2) is 0 Å². The Bertz CT molecular complexity index is 388. The van der Waals surface area contributed by atoms with Crippen molar-refractivity contribution in [2.45, 2.75) is 46.5 Å². The van der Waals surface area contributed by atoms with Gasteiger partial charge in [0.05, 0.1) is 6.07 Å². The summed E-state index contributed by atoms with van der Waals surface area (Å²) in [5, 5.41) is 12.2. The summed E-state index contributed by atoms with van der Waals surface area (Å²) < 4.78 is 0. The third kappa shape index (κ3) is 3.72. The second-order valence-electron chi connectivity index (χ2n) is 5.57. The first-order valence-electron chi connectivity index (χ1n) is 7.44. The van der Waals surface area contributed by atoms with Crippen molar-refractivity contribution < 1.29 is 9.59 Å². The van der Waals surface area contributed by atoms with Gasteiger partial charge in [0.1, 0.15) is 5.41 Å². The van der Waals surface area contributed by atoms with Crippen LogP contribution in [0.25, 0.3) is 0 Å². The molecule has 5 nitrogen and oxygen atoms in total. The van der Waals surface area contributed by atoms with Gasteiger partial charge in [0, 0.05) is 26.6 Å². The molecule has 2 amide bonds. The van der Waals surface area contributed by atoms with Gasteiger partial charge in [-0.15, -0.1) is 0 Å². The van der Waals surface area contributed by atoms with E-state index in [-0.39, 0.29) is 11.8 Å². The van der Waals surface area contributed by atoms with Crippen LogP contribution in [0, 0.1) is 22.7 Å². The maximum atomic E-state index is 12.5. The van der Waals surface area contributed by atoms with Crippen molar-refractivity contribution in [1.82, 2.24) is 10.2 Å². The van der Waals surface area contributed by atoms with E-state index in [1.807, 2.05) is 18.7 Å². The lowest BCUT2D eigenvalue weighted by atomic mass is 9.81. The minimum absolute atomic E-state index is 0.0102. The van der Waals surface area contributed by atoms with Crippen molar-refractivity contribution >= 4 is 11.8 Å². The zero-order valence-electron chi connectivity index (χ0n) is 12.7. The minimum atomic E-state index is -0.857. The normalized spacial score (nSPS) is 16.6. The van der Waals surface area contributed by atoms with E-state index in [0.717, 1.165) is 12.8 Å². The fraction of sp³-hybridized carbons (Fsp3) is 0.800. The van der Waals surface area contributed by atoms with Crippen LogP contribution in [0.15, 0.2) is 0 Å². The summed E-state index contributed by atoms with van der Waals surface area (Å²) in [7, 11) is 0. The van der Waals surface area contributed by atoms with E-state index < -0.39 is 5.41 Å². The molecule has 1 rings (SSSR count). The molecule has 0 saturated carbocycles. The molecule has 1 saturated heterocycles. The van der Waals surface area contributed by atoms with E-state index in [4.69, 9.17) is 0 Å². The average Bonchev–Trinajstić information content (AvgIpc) is 2.48. The Hall–Kier alpha value is -1.57. The highest BCUT2D eigenvalue weighted by Crippen LogP contribution is 2.30. The van der Waals surface area contributed by atoms with Crippen molar-refractivity contribution in [3.05, 3.63) is 0 Å². The molecule has 0 bridgehead atoms. The lowest BCUT2D eigenvalue weighted by Crippen LogP contribution is -2.47. The summed E-state index contributed by atoms with van der Waals surface area (Å²) in [6.45, 7) is 7.37. The Kier molecular flexibility index (Phi) is 6.00. The van der Waals surface area contributed by atoms with E-state index in [1.54, 1.807) is 0 Å². The molecule has 0 radical (unpaired) electrons. The third-order valence-corrected chi connectivity index (χ3v) is 4.37. The maximum absolute atomic E-state index is 12.5. The molecule has 1 N–H and O–H groups in total. The number of carbonyl (C=O) groups excluding carboxylic acids is 2. The van der Waals surface area contributed by atoms with Gasteiger partial charge in [-0.3, -0.25) is 9.59 Å². The van der Waals surface area contributed by atoms with Crippen LogP contribution in [0.1, 0.15) is 46.5 Å². The van der Waals surface area contributed by atoms with Crippen LogP contribution in [-0.2, 0) is 9.59 Å². The Balaban J connectivity index is 2.55. The predicted molar refractivity (Wildman–Crippen MR) is 76.6 cm³/mol. The number of hydrogen-bond donors (Lipinski definition) is 1. The summed E-state index contributed by atoms with van der Waals surface area (Å²) >= 11 is 0. The van der Waals surface area contributed by atoms with E-state index >= 15 is 0 Å². The second-order valence-corrected chi connectivity index (χ2v) is 5.57.